The van der Waals surface area contributed by atoms with Crippen molar-refractivity contribution in [2.45, 2.75) is 9.92 Å². The first kappa shape index (κ1) is 16.8. The Bertz CT molecular complexity index is 877. The lowest BCUT2D eigenvalue weighted by atomic mass is 10.3. The molecule has 0 bridgehead atoms. The molecule has 0 aliphatic rings. The van der Waals surface area contributed by atoms with Crippen molar-refractivity contribution in [2.75, 3.05) is 18.8 Å². The third-order valence-corrected chi connectivity index (χ3v) is 6.46. The Morgan fingerprint density at radius 1 is 1.23 bits per heavy atom. The summed E-state index contributed by atoms with van der Waals surface area (Å²) in [4.78, 5) is 3.41. The van der Waals surface area contributed by atoms with Crippen LogP contribution >= 0.6 is 11.3 Å². The lowest BCUT2D eigenvalue weighted by Gasteiger charge is -2.13. The van der Waals surface area contributed by atoms with Crippen molar-refractivity contribution in [3.05, 3.63) is 34.9 Å². The van der Waals surface area contributed by atoms with Gasteiger partial charge in [-0.25, -0.2) is 22.1 Å². The summed E-state index contributed by atoms with van der Waals surface area (Å²) in [5, 5.41) is 1.01. The smallest absolute Gasteiger partial charge is 0.275 e. The molecule has 2 rings (SSSR count). The largest absolute Gasteiger partial charge is 0.280 e. The van der Waals surface area contributed by atoms with E-state index in [9.17, 15) is 21.2 Å². The SMILES string of the molecule is CN(C)S(=O)(=O)c1ccc(F)c(NS(=O)(=O)c2cscn2)c1. The molecule has 1 heterocycles. The van der Waals surface area contributed by atoms with Crippen LogP contribution in [0.15, 0.2) is 39.0 Å². The summed E-state index contributed by atoms with van der Waals surface area (Å²) >= 11 is 1.07. The predicted octanol–water partition coefficient (Wildman–Crippen LogP) is 1.33. The van der Waals surface area contributed by atoms with Crippen LogP contribution in [0, 0.1) is 5.82 Å². The van der Waals surface area contributed by atoms with E-state index in [0.717, 1.165) is 33.8 Å². The summed E-state index contributed by atoms with van der Waals surface area (Å²) < 4.78 is 64.8. The number of aromatic nitrogens is 1. The fourth-order valence-electron chi connectivity index (χ4n) is 1.49. The van der Waals surface area contributed by atoms with Gasteiger partial charge in [0.15, 0.2) is 5.03 Å². The van der Waals surface area contributed by atoms with Crippen molar-refractivity contribution in [1.82, 2.24) is 9.29 Å². The molecule has 0 spiro atoms. The minimum atomic E-state index is -4.07. The maximum absolute atomic E-state index is 13.8. The van der Waals surface area contributed by atoms with Crippen molar-refractivity contribution < 1.29 is 21.2 Å². The first-order valence-corrected chi connectivity index (χ1v) is 9.64. The summed E-state index contributed by atoms with van der Waals surface area (Å²) in [6.07, 6.45) is 0. The second kappa shape index (κ2) is 5.91. The fourth-order valence-corrected chi connectivity index (χ4v) is 4.31. The van der Waals surface area contributed by atoms with Crippen molar-refractivity contribution in [1.29, 1.82) is 0 Å². The monoisotopic (exact) mass is 365 g/mol. The van der Waals surface area contributed by atoms with Gasteiger partial charge in [0.2, 0.25) is 10.0 Å². The van der Waals surface area contributed by atoms with Gasteiger partial charge in [-0.2, -0.15) is 8.42 Å². The van der Waals surface area contributed by atoms with E-state index < -0.39 is 31.6 Å². The van der Waals surface area contributed by atoms with Crippen LogP contribution in [0.1, 0.15) is 0 Å². The van der Waals surface area contributed by atoms with Crippen molar-refractivity contribution in [2.24, 2.45) is 0 Å². The zero-order chi connectivity index (χ0) is 16.5. The lowest BCUT2D eigenvalue weighted by Crippen LogP contribution is -2.22. The van der Waals surface area contributed by atoms with E-state index >= 15 is 0 Å². The lowest BCUT2D eigenvalue weighted by molar-refractivity contribution is 0.520. The van der Waals surface area contributed by atoms with Gasteiger partial charge < -0.3 is 0 Å². The number of nitrogens with one attached hydrogen (secondary N) is 1. The molecule has 1 aromatic carbocycles. The minimum Gasteiger partial charge on any atom is -0.275 e. The van der Waals surface area contributed by atoms with Crippen LogP contribution in [-0.4, -0.2) is 40.2 Å². The summed E-state index contributed by atoms with van der Waals surface area (Å²) in [5.41, 5.74) is 0.855. The Kier molecular flexibility index (Phi) is 4.52. The van der Waals surface area contributed by atoms with Gasteiger partial charge in [-0.05, 0) is 18.2 Å². The average Bonchev–Trinajstić information content (AvgIpc) is 2.95. The van der Waals surface area contributed by atoms with E-state index in [1.54, 1.807) is 0 Å². The van der Waals surface area contributed by atoms with Crippen molar-refractivity contribution in [3.8, 4) is 0 Å². The van der Waals surface area contributed by atoms with E-state index in [-0.39, 0.29) is 9.92 Å². The highest BCUT2D eigenvalue weighted by Gasteiger charge is 2.22. The maximum atomic E-state index is 13.8. The summed E-state index contributed by atoms with van der Waals surface area (Å²) in [6, 6.07) is 2.87. The van der Waals surface area contributed by atoms with Gasteiger partial charge in [-0.1, -0.05) is 0 Å². The third kappa shape index (κ3) is 3.27. The van der Waals surface area contributed by atoms with Crippen LogP contribution in [0.4, 0.5) is 10.1 Å². The summed E-state index contributed by atoms with van der Waals surface area (Å²) in [5.74, 6) is -0.892. The van der Waals surface area contributed by atoms with Gasteiger partial charge in [0, 0.05) is 19.5 Å². The van der Waals surface area contributed by atoms with Crippen LogP contribution < -0.4 is 4.72 Å². The highest BCUT2D eigenvalue weighted by Crippen LogP contribution is 2.24. The molecule has 1 N–H and O–H groups in total. The average molecular weight is 365 g/mol. The number of hydrogen-bond acceptors (Lipinski definition) is 6. The number of benzene rings is 1. The summed E-state index contributed by atoms with van der Waals surface area (Å²) in [6.45, 7) is 0. The van der Waals surface area contributed by atoms with E-state index in [1.807, 2.05) is 4.72 Å². The molecule has 0 fully saturated rings. The Hall–Kier alpha value is -1.56. The third-order valence-electron chi connectivity index (χ3n) is 2.65. The van der Waals surface area contributed by atoms with Gasteiger partial charge in [-0.15, -0.1) is 11.3 Å². The summed E-state index contributed by atoms with van der Waals surface area (Å²) in [7, 11) is -5.25. The van der Waals surface area contributed by atoms with E-state index in [2.05, 4.69) is 4.98 Å². The molecule has 22 heavy (non-hydrogen) atoms. The van der Waals surface area contributed by atoms with E-state index in [4.69, 9.17) is 0 Å². The number of sulfonamides is 2. The van der Waals surface area contributed by atoms with Crippen molar-refractivity contribution in [3.63, 3.8) is 0 Å². The van der Waals surface area contributed by atoms with Crippen LogP contribution in [0.5, 0.6) is 0 Å². The molecular weight excluding hydrogens is 353 g/mol. The molecule has 0 aliphatic carbocycles. The molecule has 1 aromatic heterocycles. The van der Waals surface area contributed by atoms with Gasteiger partial charge >= 0.3 is 0 Å². The molecular formula is C11H12FN3O4S3. The molecule has 0 saturated carbocycles. The van der Waals surface area contributed by atoms with Crippen LogP contribution in [-0.2, 0) is 20.0 Å². The molecule has 0 radical (unpaired) electrons. The maximum Gasteiger partial charge on any atom is 0.280 e. The number of hydrogen-bond donors (Lipinski definition) is 1. The Morgan fingerprint density at radius 3 is 2.45 bits per heavy atom. The number of nitrogens with zero attached hydrogens (tertiary/aromatic N) is 2. The van der Waals surface area contributed by atoms with Gasteiger partial charge in [-0.3, -0.25) is 4.72 Å². The Balaban J connectivity index is 2.45. The first-order valence-electron chi connectivity index (χ1n) is 5.77. The van der Waals surface area contributed by atoms with Crippen LogP contribution in [0.25, 0.3) is 0 Å². The highest BCUT2D eigenvalue weighted by atomic mass is 32.2. The molecule has 0 atom stereocenters. The molecule has 0 aliphatic heterocycles. The molecule has 120 valence electrons. The van der Waals surface area contributed by atoms with Crippen LogP contribution in [0.2, 0.25) is 0 Å². The number of thiazole rings is 1. The van der Waals surface area contributed by atoms with Crippen molar-refractivity contribution >= 4 is 37.1 Å². The molecule has 2 aromatic rings. The van der Waals surface area contributed by atoms with E-state index in [1.165, 1.54) is 25.0 Å². The highest BCUT2D eigenvalue weighted by molar-refractivity contribution is 7.92. The van der Waals surface area contributed by atoms with Gasteiger partial charge in [0.05, 0.1) is 16.1 Å². The Morgan fingerprint density at radius 2 is 1.91 bits per heavy atom. The number of halogens is 1. The van der Waals surface area contributed by atoms with Gasteiger partial charge in [0.1, 0.15) is 5.82 Å². The zero-order valence-electron chi connectivity index (χ0n) is 11.5. The number of anilines is 1. The minimum absolute atomic E-state index is 0.227. The Labute approximate surface area is 131 Å². The standard InChI is InChI=1S/C11H12FN3O4S3/c1-15(2)22(18,19)8-3-4-9(12)10(5-8)14-21(16,17)11-6-20-7-13-11/h3-7,14H,1-2H3. The zero-order valence-corrected chi connectivity index (χ0v) is 14.0. The van der Waals surface area contributed by atoms with Gasteiger partial charge in [0.25, 0.3) is 10.0 Å². The molecule has 0 amide bonds. The van der Waals surface area contributed by atoms with Crippen LogP contribution in [0.3, 0.4) is 0 Å². The molecule has 7 nitrogen and oxygen atoms in total. The molecule has 11 heteroatoms. The number of rotatable bonds is 5. The second-order valence-electron chi connectivity index (χ2n) is 4.36. The predicted molar refractivity (Wildman–Crippen MR) is 80.2 cm³/mol. The molecule has 0 unspecified atom stereocenters. The topological polar surface area (TPSA) is 96.4 Å². The second-order valence-corrected chi connectivity index (χ2v) is 8.86. The van der Waals surface area contributed by atoms with E-state index in [0.29, 0.717) is 0 Å². The fraction of sp³-hybridized carbons (Fsp3) is 0.182. The first-order chi connectivity index (χ1) is 10.1. The molecule has 0 saturated heterocycles. The quantitative estimate of drug-likeness (QED) is 0.862. The normalized spacial score (nSPS) is 12.5.